The fourth-order valence-corrected chi connectivity index (χ4v) is 3.38. The zero-order valence-electron chi connectivity index (χ0n) is 11.1. The molecule has 0 aliphatic heterocycles. The maximum atomic E-state index is 12.0. The highest BCUT2D eigenvalue weighted by Gasteiger charge is 2.29. The third-order valence-electron chi connectivity index (χ3n) is 2.64. The van der Waals surface area contributed by atoms with Crippen molar-refractivity contribution in [3.8, 4) is 0 Å². The van der Waals surface area contributed by atoms with Crippen LogP contribution in [0.25, 0.3) is 0 Å². The number of aliphatic hydroxyl groups is 2. The lowest BCUT2D eigenvalue weighted by Gasteiger charge is -2.25. The molecule has 1 aromatic rings. The molecule has 9 heteroatoms. The maximum Gasteiger partial charge on any atom is 0.241 e. The molecule has 0 saturated heterocycles. The lowest BCUT2D eigenvalue weighted by atomic mass is 10.1. The monoisotopic (exact) mass is 323 g/mol. The maximum absolute atomic E-state index is 12.0. The van der Waals surface area contributed by atoms with Gasteiger partial charge in [0.25, 0.3) is 0 Å². The van der Waals surface area contributed by atoms with Crippen LogP contribution in [0.1, 0.15) is 6.92 Å². The minimum absolute atomic E-state index is 0.00327. The van der Waals surface area contributed by atoms with Gasteiger partial charge in [-0.2, -0.15) is 0 Å². The number of hydrogen-bond acceptors (Lipinski definition) is 6. The van der Waals surface area contributed by atoms with E-state index in [4.69, 9.17) is 10.2 Å². The average molecular weight is 323 g/mol. The van der Waals surface area contributed by atoms with E-state index < -0.39 is 38.6 Å². The molecule has 114 valence electrons. The molecule has 0 radical (unpaired) electrons. The highest BCUT2D eigenvalue weighted by molar-refractivity contribution is 7.90. The number of aliphatic hydroxyl groups excluding tert-OH is 2. The molecule has 20 heavy (non-hydrogen) atoms. The van der Waals surface area contributed by atoms with E-state index in [0.717, 1.165) is 18.4 Å². The molecule has 0 heterocycles. The molecular weight excluding hydrogens is 306 g/mol. The van der Waals surface area contributed by atoms with Crippen LogP contribution in [0.4, 0.5) is 0 Å². The van der Waals surface area contributed by atoms with E-state index in [1.807, 2.05) is 0 Å². The molecule has 3 N–H and O–H groups in total. The first-order valence-electron chi connectivity index (χ1n) is 5.60. The van der Waals surface area contributed by atoms with Gasteiger partial charge in [-0.05, 0) is 31.2 Å². The van der Waals surface area contributed by atoms with Crippen LogP contribution in [0.5, 0.6) is 0 Å². The Balaban J connectivity index is 3.12. The standard InChI is InChI=1S/C11H17NO6S2/c1-11(7-13,8-14)12-20(17,18)10-5-3-9(4-6-10)19(2,15)16/h3-6,12-14H,7-8H2,1-2H3. The Kier molecular flexibility index (Phi) is 4.93. The molecule has 0 aromatic heterocycles. The summed E-state index contributed by atoms with van der Waals surface area (Å²) < 4.78 is 48.8. The third kappa shape index (κ3) is 4.00. The van der Waals surface area contributed by atoms with Gasteiger partial charge in [-0.3, -0.25) is 0 Å². The van der Waals surface area contributed by atoms with Gasteiger partial charge in [0, 0.05) is 6.26 Å². The molecule has 1 aromatic carbocycles. The van der Waals surface area contributed by atoms with Crippen molar-refractivity contribution in [2.75, 3.05) is 19.5 Å². The number of hydrogen-bond donors (Lipinski definition) is 3. The van der Waals surface area contributed by atoms with Crippen LogP contribution in [0.15, 0.2) is 34.1 Å². The second kappa shape index (κ2) is 5.78. The molecule has 7 nitrogen and oxygen atoms in total. The van der Waals surface area contributed by atoms with Crippen LogP contribution < -0.4 is 4.72 Å². The van der Waals surface area contributed by atoms with Crippen LogP contribution in [0.3, 0.4) is 0 Å². The lowest BCUT2D eigenvalue weighted by molar-refractivity contribution is 0.122. The highest BCUT2D eigenvalue weighted by atomic mass is 32.2. The van der Waals surface area contributed by atoms with E-state index in [2.05, 4.69) is 4.72 Å². The average Bonchev–Trinajstić information content (AvgIpc) is 2.37. The first-order chi connectivity index (χ1) is 9.04. The summed E-state index contributed by atoms with van der Waals surface area (Å²) in [5.41, 5.74) is -1.39. The predicted molar refractivity (Wildman–Crippen MR) is 72.4 cm³/mol. The Morgan fingerprint density at radius 3 is 1.75 bits per heavy atom. The van der Waals surface area contributed by atoms with Crippen molar-refractivity contribution in [1.82, 2.24) is 4.72 Å². The number of nitrogens with one attached hydrogen (secondary N) is 1. The fourth-order valence-electron chi connectivity index (χ4n) is 1.36. The van der Waals surface area contributed by atoms with E-state index in [0.29, 0.717) is 0 Å². The molecule has 0 bridgehead atoms. The minimum Gasteiger partial charge on any atom is -0.394 e. The molecule has 0 fully saturated rings. The molecule has 1 rings (SSSR count). The van der Waals surface area contributed by atoms with Crippen molar-refractivity contribution < 1.29 is 27.0 Å². The summed E-state index contributed by atoms with van der Waals surface area (Å²) in [4.78, 5) is -0.151. The van der Waals surface area contributed by atoms with E-state index in [9.17, 15) is 16.8 Å². The quantitative estimate of drug-likeness (QED) is 0.624. The van der Waals surface area contributed by atoms with Crippen LogP contribution in [-0.2, 0) is 19.9 Å². The second-order valence-electron chi connectivity index (χ2n) is 4.73. The van der Waals surface area contributed by atoms with Gasteiger partial charge >= 0.3 is 0 Å². The number of sulfone groups is 1. The van der Waals surface area contributed by atoms with Gasteiger partial charge in [-0.1, -0.05) is 0 Å². The first-order valence-corrected chi connectivity index (χ1v) is 8.97. The van der Waals surface area contributed by atoms with Gasteiger partial charge in [-0.15, -0.1) is 0 Å². The van der Waals surface area contributed by atoms with Gasteiger partial charge in [0.2, 0.25) is 10.0 Å². The van der Waals surface area contributed by atoms with Gasteiger partial charge in [-0.25, -0.2) is 21.6 Å². The summed E-state index contributed by atoms with van der Waals surface area (Å²) in [6.07, 6.45) is 1.02. The van der Waals surface area contributed by atoms with Crippen molar-refractivity contribution >= 4 is 19.9 Å². The van der Waals surface area contributed by atoms with E-state index in [1.54, 1.807) is 0 Å². The highest BCUT2D eigenvalue weighted by Crippen LogP contribution is 2.16. The Bertz CT molecular complexity index is 659. The number of benzene rings is 1. The molecule has 0 atom stereocenters. The number of rotatable bonds is 6. The van der Waals surface area contributed by atoms with Crippen molar-refractivity contribution in [2.45, 2.75) is 22.3 Å². The van der Waals surface area contributed by atoms with Gasteiger partial charge in [0.05, 0.1) is 28.5 Å². The van der Waals surface area contributed by atoms with Crippen LogP contribution in [-0.4, -0.2) is 52.1 Å². The molecular formula is C11H17NO6S2. The summed E-state index contributed by atoms with van der Waals surface area (Å²) in [5.74, 6) is 0. The second-order valence-corrected chi connectivity index (χ2v) is 8.42. The Morgan fingerprint density at radius 2 is 1.40 bits per heavy atom. The van der Waals surface area contributed by atoms with Crippen molar-refractivity contribution in [1.29, 1.82) is 0 Å². The largest absolute Gasteiger partial charge is 0.394 e. The zero-order valence-corrected chi connectivity index (χ0v) is 12.7. The van der Waals surface area contributed by atoms with Gasteiger partial charge in [0.1, 0.15) is 0 Å². The summed E-state index contributed by atoms with van der Waals surface area (Å²) in [5, 5.41) is 18.2. The van der Waals surface area contributed by atoms with Crippen LogP contribution in [0.2, 0.25) is 0 Å². The molecule has 0 aliphatic rings. The summed E-state index contributed by atoms with van der Waals surface area (Å²) >= 11 is 0. The van der Waals surface area contributed by atoms with Gasteiger partial charge in [0.15, 0.2) is 9.84 Å². The van der Waals surface area contributed by atoms with Crippen molar-refractivity contribution in [3.05, 3.63) is 24.3 Å². The van der Waals surface area contributed by atoms with E-state index in [-0.39, 0.29) is 9.79 Å². The summed E-state index contributed by atoms with van der Waals surface area (Å²) in [6.45, 7) is 0.184. The molecule has 0 saturated carbocycles. The lowest BCUT2D eigenvalue weighted by Crippen LogP contribution is -2.51. The van der Waals surface area contributed by atoms with Crippen LogP contribution in [0, 0.1) is 0 Å². The van der Waals surface area contributed by atoms with Crippen molar-refractivity contribution in [3.63, 3.8) is 0 Å². The predicted octanol–water partition coefficient (Wildman–Crippen LogP) is -0.888. The van der Waals surface area contributed by atoms with Gasteiger partial charge < -0.3 is 10.2 Å². The van der Waals surface area contributed by atoms with E-state index >= 15 is 0 Å². The Morgan fingerprint density at radius 1 is 1.00 bits per heavy atom. The Hall–Kier alpha value is -1.00. The zero-order chi connectivity index (χ0) is 15.6. The summed E-state index contributed by atoms with van der Waals surface area (Å²) in [6, 6.07) is 4.65. The fraction of sp³-hybridized carbons (Fsp3) is 0.455. The molecule has 0 spiro atoms. The molecule has 0 amide bonds. The minimum atomic E-state index is -3.97. The molecule has 0 aliphatic carbocycles. The van der Waals surface area contributed by atoms with E-state index in [1.165, 1.54) is 19.1 Å². The number of sulfonamides is 1. The first kappa shape index (κ1) is 17.1. The molecule has 0 unspecified atom stereocenters. The third-order valence-corrected chi connectivity index (χ3v) is 5.42. The SMILES string of the molecule is CC(CO)(CO)NS(=O)(=O)c1ccc(S(C)(=O)=O)cc1. The summed E-state index contributed by atoms with van der Waals surface area (Å²) in [7, 11) is -7.37. The van der Waals surface area contributed by atoms with Crippen molar-refractivity contribution in [2.24, 2.45) is 0 Å². The van der Waals surface area contributed by atoms with Crippen LogP contribution >= 0.6 is 0 Å². The topological polar surface area (TPSA) is 121 Å². The smallest absolute Gasteiger partial charge is 0.241 e. The Labute approximate surface area is 118 Å². The normalized spacial score (nSPS) is 13.4.